The van der Waals surface area contributed by atoms with Gasteiger partial charge in [-0.25, -0.2) is 4.39 Å². The first-order chi connectivity index (χ1) is 17.8. The number of ether oxygens (including phenoxy) is 2. The van der Waals surface area contributed by atoms with Crippen molar-refractivity contribution < 1.29 is 28.6 Å². The van der Waals surface area contributed by atoms with Crippen LogP contribution in [0.4, 0.5) is 4.39 Å². The maximum atomic E-state index is 14.7. The van der Waals surface area contributed by atoms with Gasteiger partial charge in [-0.15, -0.1) is 0 Å². The van der Waals surface area contributed by atoms with Crippen molar-refractivity contribution in [3.63, 3.8) is 0 Å². The van der Waals surface area contributed by atoms with Gasteiger partial charge in [-0.2, -0.15) is 5.10 Å². The molecular weight excluding hydrogens is 479 g/mol. The van der Waals surface area contributed by atoms with Crippen LogP contribution in [0.3, 0.4) is 0 Å². The van der Waals surface area contributed by atoms with E-state index in [4.69, 9.17) is 9.47 Å². The average Bonchev–Trinajstić information content (AvgIpc) is 3.57. The summed E-state index contributed by atoms with van der Waals surface area (Å²) in [4.78, 5) is 28.3. The molecule has 37 heavy (non-hydrogen) atoms. The van der Waals surface area contributed by atoms with Crippen LogP contribution in [0.25, 0.3) is 10.9 Å². The fourth-order valence-electron chi connectivity index (χ4n) is 4.81. The van der Waals surface area contributed by atoms with Crippen LogP contribution in [-0.2, 0) is 4.79 Å². The summed E-state index contributed by atoms with van der Waals surface area (Å²) in [5.74, 6) is -2.01. The molecule has 1 fully saturated rings. The maximum absolute atomic E-state index is 14.7. The number of aliphatic hydroxyl groups is 1. The first-order valence-corrected chi connectivity index (χ1v) is 12.6. The fraction of sp³-hybridized carbons (Fsp3) is 0.444. The van der Waals surface area contributed by atoms with E-state index in [9.17, 15) is 19.1 Å². The first kappa shape index (κ1) is 25.2. The number of rotatable bonds is 8. The lowest BCUT2D eigenvalue weighted by Gasteiger charge is -2.29. The number of amides is 1. The van der Waals surface area contributed by atoms with Gasteiger partial charge in [0, 0.05) is 29.7 Å². The van der Waals surface area contributed by atoms with E-state index in [-0.39, 0.29) is 41.9 Å². The predicted octanol–water partition coefficient (Wildman–Crippen LogP) is 3.02. The Labute approximate surface area is 214 Å². The Hall–Kier alpha value is -3.50. The number of hydrogen-bond acceptors (Lipinski definition) is 7. The topological polar surface area (TPSA) is 106 Å². The lowest BCUT2D eigenvalue weighted by Crippen LogP contribution is -2.48. The minimum absolute atomic E-state index is 0.00723. The Kier molecular flexibility index (Phi) is 7.12. The number of ketones is 1. The van der Waals surface area contributed by atoms with Gasteiger partial charge >= 0.3 is 0 Å². The average molecular weight is 511 g/mol. The largest absolute Gasteiger partial charge is 0.486 e. The number of carbonyl (C=O) groups is 2. The molecule has 9 nitrogen and oxygen atoms in total. The number of carbonyl (C=O) groups excluding carboxylic acids is 2. The number of halogens is 1. The summed E-state index contributed by atoms with van der Waals surface area (Å²) >= 11 is 0. The van der Waals surface area contributed by atoms with Gasteiger partial charge in [-0.3, -0.25) is 14.3 Å². The second-order valence-corrected chi connectivity index (χ2v) is 9.86. The highest BCUT2D eigenvalue weighted by Gasteiger charge is 2.31. The van der Waals surface area contributed by atoms with Crippen molar-refractivity contribution in [2.75, 3.05) is 32.8 Å². The zero-order valence-electron chi connectivity index (χ0n) is 20.9. The van der Waals surface area contributed by atoms with Gasteiger partial charge in [0.2, 0.25) is 5.78 Å². The van der Waals surface area contributed by atoms with Crippen LogP contribution in [0.1, 0.15) is 54.8 Å². The molecule has 3 aromatic rings. The molecule has 196 valence electrons. The molecule has 2 atom stereocenters. The molecule has 1 saturated heterocycles. The summed E-state index contributed by atoms with van der Waals surface area (Å²) < 4.78 is 27.3. The summed E-state index contributed by atoms with van der Waals surface area (Å²) in [5.41, 5.74) is 1.06. The lowest BCUT2D eigenvalue weighted by atomic mass is 9.99. The summed E-state index contributed by atoms with van der Waals surface area (Å²) in [7, 11) is 0. The van der Waals surface area contributed by atoms with Crippen molar-refractivity contribution in [1.29, 1.82) is 0 Å². The lowest BCUT2D eigenvalue weighted by molar-refractivity contribution is -0.118. The Morgan fingerprint density at radius 1 is 1.14 bits per heavy atom. The fourth-order valence-corrected chi connectivity index (χ4v) is 4.81. The second kappa shape index (κ2) is 10.5. The molecule has 3 heterocycles. The van der Waals surface area contributed by atoms with E-state index in [1.807, 2.05) is 20.0 Å². The first-order valence-electron chi connectivity index (χ1n) is 12.6. The molecule has 2 aromatic carbocycles. The number of hydrogen-bond donors (Lipinski definition) is 2. The molecule has 0 radical (unpaired) electrons. The highest BCUT2D eigenvalue weighted by atomic mass is 19.1. The van der Waals surface area contributed by atoms with Crippen molar-refractivity contribution in [1.82, 2.24) is 20.0 Å². The summed E-state index contributed by atoms with van der Waals surface area (Å²) in [6.07, 6.45) is 2.64. The monoisotopic (exact) mass is 510 g/mol. The number of likely N-dealkylation sites (tertiary alicyclic amines) is 1. The van der Waals surface area contributed by atoms with E-state index in [1.165, 1.54) is 12.1 Å². The van der Waals surface area contributed by atoms with Crippen LogP contribution >= 0.6 is 0 Å². The van der Waals surface area contributed by atoms with Crippen molar-refractivity contribution in [3.8, 4) is 11.5 Å². The summed E-state index contributed by atoms with van der Waals surface area (Å²) in [6.45, 7) is 6.47. The Morgan fingerprint density at radius 3 is 2.65 bits per heavy atom. The Balaban J connectivity index is 1.37. The van der Waals surface area contributed by atoms with E-state index in [0.717, 1.165) is 31.3 Å². The molecule has 2 aliphatic heterocycles. The normalized spacial score (nSPS) is 17.2. The van der Waals surface area contributed by atoms with E-state index >= 15 is 0 Å². The van der Waals surface area contributed by atoms with E-state index in [2.05, 4.69) is 15.3 Å². The second-order valence-electron chi connectivity index (χ2n) is 9.86. The minimum Gasteiger partial charge on any atom is -0.486 e. The van der Waals surface area contributed by atoms with Gasteiger partial charge in [0.05, 0.1) is 11.6 Å². The third kappa shape index (κ3) is 5.30. The number of nitrogens with one attached hydrogen (secondary N) is 1. The Bertz CT molecular complexity index is 1320. The van der Waals surface area contributed by atoms with Gasteiger partial charge in [0.1, 0.15) is 19.3 Å². The highest BCUT2D eigenvalue weighted by Crippen LogP contribution is 2.36. The molecule has 2 aliphatic rings. The minimum atomic E-state index is -1.27. The molecular formula is C27H31FN4O5. The molecule has 10 heteroatoms. The summed E-state index contributed by atoms with van der Waals surface area (Å²) in [6, 6.07) is 6.97. The Morgan fingerprint density at radius 2 is 1.89 bits per heavy atom. The quantitative estimate of drug-likeness (QED) is 0.355. The summed E-state index contributed by atoms with van der Waals surface area (Å²) in [5, 5.41) is 19.3. The highest BCUT2D eigenvalue weighted by molar-refractivity contribution is 6.43. The third-order valence-corrected chi connectivity index (χ3v) is 6.83. The molecule has 1 unspecified atom stereocenters. The van der Waals surface area contributed by atoms with Gasteiger partial charge in [-0.1, -0.05) is 12.1 Å². The van der Waals surface area contributed by atoms with Crippen LogP contribution in [0.2, 0.25) is 0 Å². The molecule has 2 N–H and O–H groups in total. The third-order valence-electron chi connectivity index (χ3n) is 6.83. The van der Waals surface area contributed by atoms with E-state index < -0.39 is 29.7 Å². The van der Waals surface area contributed by atoms with Crippen molar-refractivity contribution >= 4 is 22.6 Å². The van der Waals surface area contributed by atoms with Gasteiger partial charge in [-0.05, 0) is 63.5 Å². The number of benzene rings is 2. The van der Waals surface area contributed by atoms with Gasteiger partial charge in [0.15, 0.2) is 17.3 Å². The van der Waals surface area contributed by atoms with E-state index in [1.54, 1.807) is 22.9 Å². The SMILES string of the molecule is CC(C)n1cc2ccc(C(=O)C(=O)NC(CN3CCCC3)[C@H](O)c3cc(F)c4c(c3)OCCO4)cc2n1. The van der Waals surface area contributed by atoms with Crippen molar-refractivity contribution in [2.45, 2.75) is 44.9 Å². The van der Waals surface area contributed by atoms with Crippen LogP contribution < -0.4 is 14.8 Å². The van der Waals surface area contributed by atoms with Crippen molar-refractivity contribution in [3.05, 3.63) is 53.5 Å². The molecule has 0 bridgehead atoms. The number of aromatic nitrogens is 2. The number of Topliss-reactive ketones (excluding diaryl/α,β-unsaturated/α-hetero) is 1. The zero-order valence-corrected chi connectivity index (χ0v) is 20.9. The molecule has 0 aliphatic carbocycles. The van der Waals surface area contributed by atoms with Crippen LogP contribution in [0, 0.1) is 5.82 Å². The van der Waals surface area contributed by atoms with Crippen molar-refractivity contribution in [2.24, 2.45) is 0 Å². The molecule has 5 rings (SSSR count). The van der Waals surface area contributed by atoms with Crippen LogP contribution in [0.5, 0.6) is 11.5 Å². The van der Waals surface area contributed by atoms with Gasteiger partial charge in [0.25, 0.3) is 5.91 Å². The molecule has 1 aromatic heterocycles. The molecule has 0 saturated carbocycles. The van der Waals surface area contributed by atoms with E-state index in [0.29, 0.717) is 12.1 Å². The number of aliphatic hydroxyl groups excluding tert-OH is 1. The number of fused-ring (bicyclic) bond motifs is 2. The zero-order chi connectivity index (χ0) is 26.1. The van der Waals surface area contributed by atoms with Crippen LogP contribution in [0.15, 0.2) is 36.5 Å². The molecule has 1 amide bonds. The predicted molar refractivity (Wildman–Crippen MR) is 134 cm³/mol. The smallest absolute Gasteiger partial charge is 0.292 e. The standard InChI is InChI=1S/C27H31FN4O5/c1-16(2)32-14-18-6-5-17(12-21(18)30-32)25(34)27(35)29-22(15-31-7-3-4-8-31)24(33)19-11-20(28)26-23(13-19)36-9-10-37-26/h5-6,11-14,16,22,24,33H,3-4,7-10,15H2,1-2H3,(H,29,35)/t22?,24-/m1/s1. The van der Waals surface area contributed by atoms with Crippen LogP contribution in [-0.4, -0.2) is 70.4 Å². The molecule has 0 spiro atoms. The maximum Gasteiger partial charge on any atom is 0.292 e. The van der Waals surface area contributed by atoms with Gasteiger partial charge < -0.3 is 24.8 Å². The number of nitrogens with zero attached hydrogens (tertiary/aromatic N) is 3.